The maximum absolute atomic E-state index is 12.4. The molecule has 0 aliphatic heterocycles. The summed E-state index contributed by atoms with van der Waals surface area (Å²) in [4.78, 5) is 36.7. The molecular weight excluding hydrogens is 372 g/mol. The maximum Gasteiger partial charge on any atom is 0.329 e. The Bertz CT molecular complexity index is 819. The number of methoxy groups -OCH3 is 1. The number of amides is 2. The number of carbonyl (C=O) groups is 3. The minimum absolute atomic E-state index is 0.162. The molecule has 2 amide bonds. The molecule has 0 radical (unpaired) electrons. The van der Waals surface area contributed by atoms with Crippen LogP contribution in [0.5, 0.6) is 5.75 Å². The quantitative estimate of drug-likeness (QED) is 0.633. The summed E-state index contributed by atoms with van der Waals surface area (Å²) in [6.45, 7) is 3.15. The highest BCUT2D eigenvalue weighted by molar-refractivity contribution is 5.93. The number of anilines is 1. The number of hydrogen-bond acceptors (Lipinski definition) is 5. The average Bonchev–Trinajstić information content (AvgIpc) is 2.71. The number of nitrogens with one attached hydrogen (secondary N) is 2. The van der Waals surface area contributed by atoms with Gasteiger partial charge in [0, 0.05) is 5.69 Å². The topological polar surface area (TPSA) is 93.7 Å². The molecule has 29 heavy (non-hydrogen) atoms. The summed E-state index contributed by atoms with van der Waals surface area (Å²) in [5.41, 5.74) is 1.41. The Hall–Kier alpha value is -3.35. The fourth-order valence-electron chi connectivity index (χ4n) is 2.60. The van der Waals surface area contributed by atoms with Crippen LogP contribution in [0.1, 0.15) is 19.4 Å². The Morgan fingerprint density at radius 3 is 2.17 bits per heavy atom. The van der Waals surface area contributed by atoms with Gasteiger partial charge in [0.05, 0.1) is 13.5 Å². The molecule has 0 saturated carbocycles. The molecule has 0 heterocycles. The van der Waals surface area contributed by atoms with Gasteiger partial charge in [-0.15, -0.1) is 0 Å². The van der Waals surface area contributed by atoms with Gasteiger partial charge in [0.25, 0.3) is 5.91 Å². The van der Waals surface area contributed by atoms with E-state index in [9.17, 15) is 14.4 Å². The predicted molar refractivity (Wildman–Crippen MR) is 109 cm³/mol. The van der Waals surface area contributed by atoms with Crippen molar-refractivity contribution in [1.29, 1.82) is 0 Å². The maximum atomic E-state index is 12.4. The molecule has 0 saturated heterocycles. The molecule has 7 heteroatoms. The van der Waals surface area contributed by atoms with Crippen LogP contribution in [0.2, 0.25) is 0 Å². The first kappa shape index (κ1) is 21.9. The van der Waals surface area contributed by atoms with Gasteiger partial charge in [-0.3, -0.25) is 9.59 Å². The summed E-state index contributed by atoms with van der Waals surface area (Å²) in [6.07, 6.45) is 0.162. The Labute approximate surface area is 170 Å². The van der Waals surface area contributed by atoms with E-state index in [1.54, 1.807) is 45.2 Å². The third-order valence-corrected chi connectivity index (χ3v) is 4.16. The van der Waals surface area contributed by atoms with Crippen LogP contribution in [0.3, 0.4) is 0 Å². The van der Waals surface area contributed by atoms with Crippen molar-refractivity contribution < 1.29 is 23.9 Å². The summed E-state index contributed by atoms with van der Waals surface area (Å²) in [5, 5.41) is 5.32. The molecule has 0 aromatic heterocycles. The molecule has 0 fully saturated rings. The van der Waals surface area contributed by atoms with Gasteiger partial charge in [-0.05, 0) is 35.7 Å². The van der Waals surface area contributed by atoms with Crippen molar-refractivity contribution in [3.63, 3.8) is 0 Å². The molecule has 0 unspecified atom stereocenters. The second-order valence-electron chi connectivity index (χ2n) is 6.84. The first-order valence-corrected chi connectivity index (χ1v) is 9.33. The lowest BCUT2D eigenvalue weighted by Gasteiger charge is -2.20. The van der Waals surface area contributed by atoms with Crippen molar-refractivity contribution in [3.05, 3.63) is 60.2 Å². The Morgan fingerprint density at radius 1 is 0.931 bits per heavy atom. The number of rotatable bonds is 9. The molecule has 0 spiro atoms. The van der Waals surface area contributed by atoms with E-state index in [4.69, 9.17) is 9.47 Å². The molecule has 0 bridgehead atoms. The molecule has 2 rings (SSSR count). The number of ether oxygens (including phenoxy) is 2. The molecule has 2 aromatic carbocycles. The molecule has 7 nitrogen and oxygen atoms in total. The van der Waals surface area contributed by atoms with Crippen LogP contribution in [-0.2, 0) is 25.5 Å². The van der Waals surface area contributed by atoms with Crippen LogP contribution in [0.25, 0.3) is 0 Å². The van der Waals surface area contributed by atoms with E-state index in [0.717, 1.165) is 5.56 Å². The monoisotopic (exact) mass is 398 g/mol. The fraction of sp³-hybridized carbons (Fsp3) is 0.318. The minimum atomic E-state index is -0.833. The molecule has 154 valence electrons. The number of hydrogen-bond donors (Lipinski definition) is 2. The summed E-state index contributed by atoms with van der Waals surface area (Å²) in [6, 6.07) is 15.2. The summed E-state index contributed by atoms with van der Waals surface area (Å²) >= 11 is 0. The van der Waals surface area contributed by atoms with Crippen molar-refractivity contribution in [3.8, 4) is 5.75 Å². The third-order valence-electron chi connectivity index (χ3n) is 4.16. The average molecular weight is 398 g/mol. The van der Waals surface area contributed by atoms with Crippen molar-refractivity contribution in [1.82, 2.24) is 5.32 Å². The second-order valence-corrected chi connectivity index (χ2v) is 6.84. The van der Waals surface area contributed by atoms with Crippen molar-refractivity contribution in [2.75, 3.05) is 19.0 Å². The van der Waals surface area contributed by atoms with E-state index in [1.807, 2.05) is 30.3 Å². The van der Waals surface area contributed by atoms with Gasteiger partial charge in [-0.25, -0.2) is 4.79 Å². The molecule has 2 N–H and O–H groups in total. The van der Waals surface area contributed by atoms with E-state index < -0.39 is 24.5 Å². The lowest BCUT2D eigenvalue weighted by atomic mass is 10.0. The molecule has 2 aromatic rings. The van der Waals surface area contributed by atoms with E-state index in [1.165, 1.54) is 0 Å². The number of carbonyl (C=O) groups excluding carboxylic acids is 3. The van der Waals surface area contributed by atoms with Crippen LogP contribution in [0.15, 0.2) is 54.6 Å². The van der Waals surface area contributed by atoms with Crippen LogP contribution >= 0.6 is 0 Å². The van der Waals surface area contributed by atoms with Gasteiger partial charge in [-0.1, -0.05) is 44.2 Å². The van der Waals surface area contributed by atoms with Gasteiger partial charge in [0.2, 0.25) is 5.91 Å². The highest BCUT2D eigenvalue weighted by Crippen LogP contribution is 2.15. The van der Waals surface area contributed by atoms with Gasteiger partial charge >= 0.3 is 5.97 Å². The van der Waals surface area contributed by atoms with Crippen LogP contribution in [-0.4, -0.2) is 37.5 Å². The highest BCUT2D eigenvalue weighted by Gasteiger charge is 2.26. The molecular formula is C22H26N2O5. The van der Waals surface area contributed by atoms with Crippen molar-refractivity contribution >= 4 is 23.5 Å². The van der Waals surface area contributed by atoms with Gasteiger partial charge < -0.3 is 20.1 Å². The summed E-state index contributed by atoms with van der Waals surface area (Å²) in [7, 11) is 1.55. The fourth-order valence-corrected chi connectivity index (χ4v) is 2.60. The highest BCUT2D eigenvalue weighted by atomic mass is 16.5. The lowest BCUT2D eigenvalue weighted by molar-refractivity contribution is -0.151. The Kier molecular flexibility index (Phi) is 8.21. The minimum Gasteiger partial charge on any atom is -0.497 e. The first-order valence-electron chi connectivity index (χ1n) is 9.33. The lowest BCUT2D eigenvalue weighted by Crippen LogP contribution is -2.46. The summed E-state index contributed by atoms with van der Waals surface area (Å²) < 4.78 is 10.2. The summed E-state index contributed by atoms with van der Waals surface area (Å²) in [5.74, 6) is -0.921. The Morgan fingerprint density at radius 2 is 1.59 bits per heavy atom. The van der Waals surface area contributed by atoms with Crippen molar-refractivity contribution in [2.45, 2.75) is 26.3 Å². The van der Waals surface area contributed by atoms with Crippen LogP contribution in [0.4, 0.5) is 5.69 Å². The zero-order valence-corrected chi connectivity index (χ0v) is 16.8. The van der Waals surface area contributed by atoms with E-state index in [0.29, 0.717) is 11.4 Å². The van der Waals surface area contributed by atoms with Gasteiger partial charge in [-0.2, -0.15) is 0 Å². The van der Waals surface area contributed by atoms with Gasteiger partial charge in [0.1, 0.15) is 11.8 Å². The predicted octanol–water partition coefficient (Wildman–Crippen LogP) is 2.56. The molecule has 0 aliphatic carbocycles. The number of esters is 1. The van der Waals surface area contributed by atoms with E-state index in [2.05, 4.69) is 10.6 Å². The van der Waals surface area contributed by atoms with E-state index in [-0.39, 0.29) is 18.2 Å². The van der Waals surface area contributed by atoms with Crippen LogP contribution in [0, 0.1) is 5.92 Å². The zero-order valence-electron chi connectivity index (χ0n) is 16.8. The number of benzene rings is 2. The van der Waals surface area contributed by atoms with E-state index >= 15 is 0 Å². The largest absolute Gasteiger partial charge is 0.497 e. The first-order chi connectivity index (χ1) is 13.9. The third kappa shape index (κ3) is 7.29. The zero-order chi connectivity index (χ0) is 21.2. The van der Waals surface area contributed by atoms with Crippen molar-refractivity contribution in [2.24, 2.45) is 5.92 Å². The smallest absolute Gasteiger partial charge is 0.329 e. The Balaban J connectivity index is 1.84. The molecule has 0 aliphatic rings. The van der Waals surface area contributed by atoms with Crippen LogP contribution < -0.4 is 15.4 Å². The molecule has 1 atom stereocenters. The normalized spacial score (nSPS) is 11.4. The second kappa shape index (κ2) is 10.8. The van der Waals surface area contributed by atoms with Gasteiger partial charge in [0.15, 0.2) is 6.61 Å². The SMILES string of the molecule is COc1ccc(NC(=O)COC(=O)[C@@H](NC(=O)Cc2ccccc2)C(C)C)cc1. The standard InChI is InChI=1S/C22H26N2O5/c1-15(2)21(24-19(25)13-16-7-5-4-6-8-16)22(27)29-14-20(26)23-17-9-11-18(28-3)12-10-17/h4-12,15,21H,13-14H2,1-3H3,(H,23,26)(H,24,25)/t21-/m0/s1.